The Bertz CT molecular complexity index is 872. The molecule has 7 nitrogen and oxygen atoms in total. The Hall–Kier alpha value is -2.45. The van der Waals surface area contributed by atoms with Crippen LogP contribution < -0.4 is 15.5 Å². The van der Waals surface area contributed by atoms with Gasteiger partial charge in [-0.1, -0.05) is 19.3 Å². The van der Waals surface area contributed by atoms with Gasteiger partial charge in [0, 0.05) is 55.0 Å². The van der Waals surface area contributed by atoms with E-state index in [4.69, 9.17) is 5.73 Å². The second-order valence-electron chi connectivity index (χ2n) is 8.42. The highest BCUT2D eigenvalue weighted by molar-refractivity contribution is 7.13. The van der Waals surface area contributed by atoms with E-state index in [9.17, 15) is 9.59 Å². The lowest BCUT2D eigenvalue weighted by Crippen LogP contribution is -2.56. The number of carbonyl (C=O) groups is 2. The zero-order valence-corrected chi connectivity index (χ0v) is 18.9. The quantitative estimate of drug-likeness (QED) is 0.745. The molecule has 1 aliphatic heterocycles. The summed E-state index contributed by atoms with van der Waals surface area (Å²) in [6, 6.07) is 7.51. The Balaban J connectivity index is 1.40. The van der Waals surface area contributed by atoms with E-state index in [-0.39, 0.29) is 18.0 Å². The summed E-state index contributed by atoms with van der Waals surface area (Å²) in [6.07, 6.45) is 7.54. The van der Waals surface area contributed by atoms with Crippen LogP contribution in [0.1, 0.15) is 49.4 Å². The highest BCUT2D eigenvalue weighted by atomic mass is 32.1. The molecule has 2 amide bonds. The summed E-state index contributed by atoms with van der Waals surface area (Å²) in [4.78, 5) is 35.9. The van der Waals surface area contributed by atoms with Gasteiger partial charge in [0.25, 0.3) is 0 Å². The molecule has 31 heavy (non-hydrogen) atoms. The van der Waals surface area contributed by atoms with Gasteiger partial charge in [-0.2, -0.15) is 0 Å². The number of primary amides is 1. The Morgan fingerprint density at radius 1 is 1.10 bits per heavy atom. The molecule has 2 fully saturated rings. The molecule has 8 heteroatoms. The van der Waals surface area contributed by atoms with E-state index in [1.165, 1.54) is 19.3 Å². The number of rotatable bonds is 6. The molecule has 1 saturated heterocycles. The third-order valence-corrected chi connectivity index (χ3v) is 7.31. The lowest BCUT2D eigenvalue weighted by Gasteiger charge is -2.41. The second-order valence-corrected chi connectivity index (χ2v) is 9.30. The van der Waals surface area contributed by atoms with Crippen molar-refractivity contribution in [2.24, 2.45) is 5.73 Å². The fourth-order valence-electron chi connectivity index (χ4n) is 4.67. The van der Waals surface area contributed by atoms with Crippen molar-refractivity contribution in [3.8, 4) is 0 Å². The summed E-state index contributed by atoms with van der Waals surface area (Å²) >= 11 is 1.55. The number of anilines is 2. The molecule has 0 bridgehead atoms. The molecule has 166 valence electrons. The van der Waals surface area contributed by atoms with Gasteiger partial charge < -0.3 is 10.6 Å². The van der Waals surface area contributed by atoms with Crippen LogP contribution in [0.4, 0.5) is 10.8 Å². The van der Waals surface area contributed by atoms with Gasteiger partial charge in [-0.15, -0.1) is 11.3 Å². The molecule has 0 radical (unpaired) electrons. The van der Waals surface area contributed by atoms with Crippen LogP contribution in [-0.2, 0) is 4.79 Å². The molecule has 2 heterocycles. The van der Waals surface area contributed by atoms with Crippen molar-refractivity contribution in [2.75, 3.05) is 36.0 Å². The van der Waals surface area contributed by atoms with Crippen molar-refractivity contribution in [3.05, 3.63) is 41.4 Å². The van der Waals surface area contributed by atoms with Crippen molar-refractivity contribution in [2.45, 2.75) is 51.1 Å². The molecule has 1 aromatic carbocycles. The normalized spacial score (nSPS) is 19.2. The van der Waals surface area contributed by atoms with E-state index in [0.717, 1.165) is 49.8 Å². The van der Waals surface area contributed by atoms with Crippen molar-refractivity contribution in [1.29, 1.82) is 0 Å². The number of hydrogen-bond donors (Lipinski definition) is 1. The van der Waals surface area contributed by atoms with Crippen LogP contribution in [-0.4, -0.2) is 60.0 Å². The molecular formula is C23H31N5O2S. The Morgan fingerprint density at radius 3 is 2.35 bits per heavy atom. The van der Waals surface area contributed by atoms with Gasteiger partial charge in [-0.25, -0.2) is 4.98 Å². The summed E-state index contributed by atoms with van der Waals surface area (Å²) in [5, 5.41) is 2.78. The number of thiazole rings is 1. The smallest absolute Gasteiger partial charge is 0.248 e. The average molecular weight is 442 g/mol. The van der Waals surface area contributed by atoms with E-state index in [2.05, 4.69) is 14.8 Å². The Kier molecular flexibility index (Phi) is 6.87. The minimum absolute atomic E-state index is 0.168. The highest BCUT2D eigenvalue weighted by Gasteiger charge is 2.34. The molecule has 2 aromatic rings. The van der Waals surface area contributed by atoms with E-state index in [1.54, 1.807) is 29.7 Å². The lowest BCUT2D eigenvalue weighted by atomic mass is 9.94. The predicted octanol–water partition coefficient (Wildman–Crippen LogP) is 3.12. The molecule has 1 saturated carbocycles. The van der Waals surface area contributed by atoms with Crippen LogP contribution in [0.5, 0.6) is 0 Å². The maximum atomic E-state index is 13.6. The van der Waals surface area contributed by atoms with Crippen molar-refractivity contribution in [3.63, 3.8) is 0 Å². The van der Waals surface area contributed by atoms with Crippen LogP contribution in [0.2, 0.25) is 0 Å². The van der Waals surface area contributed by atoms with Crippen molar-refractivity contribution in [1.82, 2.24) is 9.88 Å². The third-order valence-electron chi connectivity index (χ3n) is 6.54. The van der Waals surface area contributed by atoms with Crippen LogP contribution in [0.15, 0.2) is 35.8 Å². The van der Waals surface area contributed by atoms with Crippen LogP contribution in [0.25, 0.3) is 0 Å². The number of carbonyl (C=O) groups excluding carboxylic acids is 2. The minimum atomic E-state index is -0.411. The first-order valence-corrected chi connectivity index (χ1v) is 12.0. The van der Waals surface area contributed by atoms with E-state index in [1.807, 2.05) is 29.3 Å². The first-order chi connectivity index (χ1) is 15.0. The molecular weight excluding hydrogens is 410 g/mol. The van der Waals surface area contributed by atoms with E-state index >= 15 is 0 Å². The van der Waals surface area contributed by atoms with Gasteiger partial charge in [0.15, 0.2) is 5.13 Å². The van der Waals surface area contributed by atoms with Gasteiger partial charge in [0.2, 0.25) is 11.8 Å². The zero-order valence-electron chi connectivity index (χ0n) is 18.1. The molecule has 4 rings (SSSR count). The topological polar surface area (TPSA) is 82.8 Å². The Morgan fingerprint density at radius 2 is 1.77 bits per heavy atom. The number of nitrogens with zero attached hydrogens (tertiary/aromatic N) is 4. The maximum absolute atomic E-state index is 13.6. The molecule has 2 N–H and O–H groups in total. The number of aromatic nitrogens is 1. The van der Waals surface area contributed by atoms with Gasteiger partial charge in [-0.3, -0.25) is 19.4 Å². The van der Waals surface area contributed by atoms with Crippen molar-refractivity contribution >= 4 is 34.0 Å². The standard InChI is InChI=1S/C23H31N5O2S/c1-17(22(30)28(23-25-11-16-31-23)20-5-3-2-4-6-20)26-12-14-27(15-13-26)19-9-7-18(8-10-19)21(24)29/h7-11,16-17,20H,2-6,12-15H2,1H3,(H2,24,29). The summed E-state index contributed by atoms with van der Waals surface area (Å²) < 4.78 is 0. The number of benzene rings is 1. The zero-order chi connectivity index (χ0) is 21.8. The summed E-state index contributed by atoms with van der Waals surface area (Å²) in [6.45, 7) is 5.35. The summed E-state index contributed by atoms with van der Waals surface area (Å²) in [5.41, 5.74) is 6.94. The van der Waals surface area contributed by atoms with E-state index < -0.39 is 5.91 Å². The van der Waals surface area contributed by atoms with Gasteiger partial charge in [0.1, 0.15) is 0 Å². The predicted molar refractivity (Wildman–Crippen MR) is 125 cm³/mol. The number of piperazine rings is 1. The third kappa shape index (κ3) is 4.91. The molecule has 2 aliphatic rings. The largest absolute Gasteiger partial charge is 0.369 e. The van der Waals surface area contributed by atoms with E-state index in [0.29, 0.717) is 5.56 Å². The first-order valence-electron chi connectivity index (χ1n) is 11.2. The summed E-state index contributed by atoms with van der Waals surface area (Å²) in [5.74, 6) is -0.243. The fourth-order valence-corrected chi connectivity index (χ4v) is 5.38. The van der Waals surface area contributed by atoms with Gasteiger partial charge in [-0.05, 0) is 44.0 Å². The molecule has 1 aromatic heterocycles. The monoisotopic (exact) mass is 441 g/mol. The SMILES string of the molecule is CC(C(=O)N(c1nccs1)C1CCCCC1)N1CCN(c2ccc(C(N)=O)cc2)CC1. The van der Waals surface area contributed by atoms with Crippen molar-refractivity contribution < 1.29 is 9.59 Å². The van der Waals surface area contributed by atoms with Crippen LogP contribution in [0, 0.1) is 0 Å². The molecule has 1 aliphatic carbocycles. The Labute approximate surface area is 187 Å². The van der Waals surface area contributed by atoms with Gasteiger partial charge in [0.05, 0.1) is 6.04 Å². The number of hydrogen-bond acceptors (Lipinski definition) is 6. The average Bonchev–Trinajstić information content (AvgIpc) is 3.34. The molecule has 0 spiro atoms. The lowest BCUT2D eigenvalue weighted by molar-refractivity contribution is -0.124. The number of amides is 2. The molecule has 1 unspecified atom stereocenters. The minimum Gasteiger partial charge on any atom is -0.369 e. The van der Waals surface area contributed by atoms with Crippen LogP contribution in [0.3, 0.4) is 0 Å². The second kappa shape index (κ2) is 9.78. The first kappa shape index (κ1) is 21.8. The number of nitrogens with two attached hydrogens (primary N) is 1. The van der Waals surface area contributed by atoms with Gasteiger partial charge >= 0.3 is 0 Å². The summed E-state index contributed by atoms with van der Waals surface area (Å²) in [7, 11) is 0. The fraction of sp³-hybridized carbons (Fsp3) is 0.522. The maximum Gasteiger partial charge on any atom is 0.248 e. The van der Waals surface area contributed by atoms with Crippen LogP contribution >= 0.6 is 11.3 Å². The highest BCUT2D eigenvalue weighted by Crippen LogP contribution is 2.30. The molecule has 1 atom stereocenters.